The van der Waals surface area contributed by atoms with E-state index in [0.29, 0.717) is 5.92 Å². The van der Waals surface area contributed by atoms with Crippen molar-refractivity contribution in [2.75, 3.05) is 4.90 Å². The average Bonchev–Trinajstić information content (AvgIpc) is 3.90. The molecule has 0 saturated heterocycles. The molecule has 1 nitrogen and oxygen atoms in total. The number of fused-ring (bicyclic) bond motifs is 6. The Morgan fingerprint density at radius 1 is 0.477 bits per heavy atom. The smallest absolute Gasteiger partial charge is 0.0713 e. The van der Waals surface area contributed by atoms with Crippen molar-refractivity contribution in [2.24, 2.45) is 5.92 Å². The first-order chi connectivity index (χ1) is 32.2. The molecule has 1 atom stereocenters. The molecule has 0 amide bonds. The molecule has 9 aromatic carbocycles. The summed E-state index contributed by atoms with van der Waals surface area (Å²) in [5.41, 5.74) is 18.8. The quantitative estimate of drug-likeness (QED) is 0.140. The Morgan fingerprint density at radius 3 is 1.62 bits per heavy atom. The number of nitrogens with zero attached hydrogens (tertiary/aromatic N) is 1. The monoisotopic (exact) mass is 849 g/mol. The lowest BCUT2D eigenvalue weighted by molar-refractivity contribution is 0.565. The van der Waals surface area contributed by atoms with E-state index >= 15 is 0 Å². The van der Waals surface area contributed by atoms with E-state index in [1.165, 1.54) is 87.4 Å². The highest BCUT2D eigenvalue weighted by Crippen LogP contribution is 2.57. The Hall–Kier alpha value is -7.52. The lowest BCUT2D eigenvalue weighted by Gasteiger charge is -2.33. The Bertz CT molecular complexity index is 3190. The third-order valence-electron chi connectivity index (χ3n) is 13.9. The van der Waals surface area contributed by atoms with Crippen LogP contribution in [0.1, 0.15) is 44.7 Å². The van der Waals surface area contributed by atoms with Crippen LogP contribution >= 0.6 is 11.3 Å². The number of benzene rings is 9. The number of thiophene rings is 1. The van der Waals surface area contributed by atoms with E-state index in [-0.39, 0.29) is 5.41 Å². The lowest BCUT2D eigenvalue weighted by atomic mass is 9.67. The Kier molecular flexibility index (Phi) is 9.96. The lowest BCUT2D eigenvalue weighted by Crippen LogP contribution is -2.28. The predicted octanol–water partition coefficient (Wildman–Crippen LogP) is 16.9. The predicted molar refractivity (Wildman–Crippen MR) is 276 cm³/mol. The van der Waals surface area contributed by atoms with Gasteiger partial charge in [-0.15, -0.1) is 11.3 Å². The summed E-state index contributed by atoms with van der Waals surface area (Å²) >= 11 is 1.99. The Balaban J connectivity index is 0.875. The number of aryl methyl sites for hydroxylation is 1. The molecule has 0 N–H and O–H groups in total. The second kappa shape index (κ2) is 16.6. The second-order valence-electron chi connectivity index (χ2n) is 17.5. The van der Waals surface area contributed by atoms with E-state index in [1.54, 1.807) is 0 Å². The van der Waals surface area contributed by atoms with Crippen molar-refractivity contribution in [2.45, 2.75) is 24.7 Å². The minimum Gasteiger partial charge on any atom is -0.310 e. The highest BCUT2D eigenvalue weighted by molar-refractivity contribution is 7.19. The summed E-state index contributed by atoms with van der Waals surface area (Å²) in [7, 11) is 0. The molecule has 65 heavy (non-hydrogen) atoms. The average molecular weight is 850 g/mol. The Morgan fingerprint density at radius 2 is 1.00 bits per heavy atom. The van der Waals surface area contributed by atoms with Crippen LogP contribution in [0.3, 0.4) is 0 Å². The number of allylic oxidation sites excluding steroid dienone is 1. The maximum Gasteiger partial charge on any atom is 0.0713 e. The molecule has 1 aromatic heterocycles. The topological polar surface area (TPSA) is 3.24 Å². The molecule has 12 rings (SSSR count). The molecule has 0 spiro atoms. The van der Waals surface area contributed by atoms with Crippen molar-refractivity contribution >= 4 is 44.6 Å². The zero-order chi connectivity index (χ0) is 43.2. The second-order valence-corrected chi connectivity index (χ2v) is 18.6. The van der Waals surface area contributed by atoms with E-state index in [0.717, 1.165) is 30.6 Å². The molecule has 1 unspecified atom stereocenters. The van der Waals surface area contributed by atoms with E-state index in [4.69, 9.17) is 0 Å². The van der Waals surface area contributed by atoms with Gasteiger partial charge in [-0.3, -0.25) is 0 Å². The van der Waals surface area contributed by atoms with Crippen LogP contribution in [0.25, 0.3) is 49.5 Å². The fourth-order valence-corrected chi connectivity index (χ4v) is 12.2. The highest BCUT2D eigenvalue weighted by Gasteiger charge is 2.46. The summed E-state index contributed by atoms with van der Waals surface area (Å²) in [6.07, 6.45) is 8.26. The highest BCUT2D eigenvalue weighted by atomic mass is 32.1. The molecule has 0 bridgehead atoms. The first-order valence-corrected chi connectivity index (χ1v) is 23.7. The molecular formula is C63H47NS. The van der Waals surface area contributed by atoms with Gasteiger partial charge in [0, 0.05) is 26.6 Å². The molecule has 2 aliphatic rings. The maximum atomic E-state index is 2.52. The van der Waals surface area contributed by atoms with Crippen molar-refractivity contribution in [1.29, 1.82) is 0 Å². The van der Waals surface area contributed by atoms with Crippen LogP contribution in [0, 0.1) is 5.92 Å². The third kappa shape index (κ3) is 6.85. The van der Waals surface area contributed by atoms with E-state index in [1.807, 2.05) is 11.3 Å². The van der Waals surface area contributed by atoms with Crippen LogP contribution < -0.4 is 4.90 Å². The molecular weight excluding hydrogens is 803 g/mol. The molecule has 310 valence electrons. The van der Waals surface area contributed by atoms with E-state index in [2.05, 4.69) is 248 Å². The van der Waals surface area contributed by atoms with Gasteiger partial charge in [0.25, 0.3) is 0 Å². The van der Waals surface area contributed by atoms with Gasteiger partial charge in [-0.25, -0.2) is 0 Å². The minimum atomic E-state index is -0.388. The van der Waals surface area contributed by atoms with Crippen molar-refractivity contribution in [1.82, 2.24) is 0 Å². The van der Waals surface area contributed by atoms with Crippen molar-refractivity contribution in [3.8, 4) is 33.4 Å². The molecule has 10 aromatic rings. The Labute approximate surface area is 386 Å². The van der Waals surface area contributed by atoms with Crippen LogP contribution in [-0.4, -0.2) is 0 Å². The van der Waals surface area contributed by atoms with Crippen LogP contribution in [0.4, 0.5) is 17.1 Å². The van der Waals surface area contributed by atoms with Crippen LogP contribution in [0.2, 0.25) is 0 Å². The standard InChI is InChI=1S/C63H47NS/c1-5-16-45(17-6-1)47-31-35-52(36-32-47)64(53-37-33-48(34-38-53)46-18-7-2-8-19-46)54-39-41-56-55-40-29-44(42-60(55)65-61(56)43-54)28-30-49-20-15-27-59-62(49)57-25-13-14-26-58(57)63(59,50-21-9-3-10-22-50)51-23-11-4-12-24-51/h1-28,30-39,41,43-44H,29,40,42H2/b30-28+. The molecule has 2 heteroatoms. The van der Waals surface area contributed by atoms with Gasteiger partial charge in [0.15, 0.2) is 0 Å². The number of hydrogen-bond donors (Lipinski definition) is 0. The van der Waals surface area contributed by atoms with Gasteiger partial charge in [0.05, 0.1) is 5.41 Å². The van der Waals surface area contributed by atoms with Gasteiger partial charge in [-0.05, 0) is 134 Å². The van der Waals surface area contributed by atoms with Gasteiger partial charge in [-0.2, -0.15) is 0 Å². The van der Waals surface area contributed by atoms with Crippen LogP contribution in [0.5, 0.6) is 0 Å². The normalized spacial score (nSPS) is 14.8. The fraction of sp³-hybridized carbons (Fsp3) is 0.0794. The zero-order valence-corrected chi connectivity index (χ0v) is 37.0. The molecule has 0 aliphatic heterocycles. The first kappa shape index (κ1) is 39.1. The molecule has 0 fully saturated rings. The summed E-state index contributed by atoms with van der Waals surface area (Å²) in [5.74, 6) is 0.471. The van der Waals surface area contributed by atoms with Gasteiger partial charge in [0.2, 0.25) is 0 Å². The van der Waals surface area contributed by atoms with Crippen LogP contribution in [-0.2, 0) is 18.3 Å². The van der Waals surface area contributed by atoms with Gasteiger partial charge in [0.1, 0.15) is 0 Å². The van der Waals surface area contributed by atoms with Gasteiger partial charge in [-0.1, -0.05) is 206 Å². The summed E-state index contributed by atoms with van der Waals surface area (Å²) in [4.78, 5) is 3.94. The summed E-state index contributed by atoms with van der Waals surface area (Å²) in [6.45, 7) is 0. The molecule has 2 aliphatic carbocycles. The maximum absolute atomic E-state index is 2.52. The van der Waals surface area contributed by atoms with Crippen molar-refractivity contribution in [3.05, 3.63) is 275 Å². The zero-order valence-electron chi connectivity index (χ0n) is 36.1. The number of rotatable bonds is 9. The molecule has 0 radical (unpaired) electrons. The molecule has 1 heterocycles. The third-order valence-corrected chi connectivity index (χ3v) is 15.1. The summed E-state index contributed by atoms with van der Waals surface area (Å²) in [5, 5.41) is 1.41. The van der Waals surface area contributed by atoms with Crippen molar-refractivity contribution in [3.63, 3.8) is 0 Å². The van der Waals surface area contributed by atoms with Crippen LogP contribution in [0.15, 0.2) is 237 Å². The number of hydrogen-bond acceptors (Lipinski definition) is 2. The summed E-state index contributed by atoms with van der Waals surface area (Å²) in [6, 6.07) is 84.7. The molecule has 0 saturated carbocycles. The minimum absolute atomic E-state index is 0.388. The van der Waals surface area contributed by atoms with Gasteiger partial charge >= 0.3 is 0 Å². The van der Waals surface area contributed by atoms with Crippen molar-refractivity contribution < 1.29 is 0 Å². The van der Waals surface area contributed by atoms with E-state index in [9.17, 15) is 0 Å². The summed E-state index contributed by atoms with van der Waals surface area (Å²) < 4.78 is 1.36. The first-order valence-electron chi connectivity index (χ1n) is 22.9. The number of anilines is 3. The van der Waals surface area contributed by atoms with Gasteiger partial charge < -0.3 is 4.90 Å². The largest absolute Gasteiger partial charge is 0.310 e. The fourth-order valence-electron chi connectivity index (χ4n) is 10.8. The van der Waals surface area contributed by atoms with E-state index < -0.39 is 0 Å². The SMILES string of the molecule is C(=C\C1CCc2c(sc3cc(N(c4ccc(-c5ccccc5)cc4)c4ccc(-c5ccccc5)cc4)ccc23)C1)/c1cccc2c1-c1ccccc1C2(c1ccccc1)c1ccccc1.